The monoisotopic (exact) mass is 421 g/mol. The van der Waals surface area contributed by atoms with Crippen LogP contribution in [0.25, 0.3) is 0 Å². The van der Waals surface area contributed by atoms with Crippen LogP contribution in [-0.2, 0) is 6.54 Å². The number of nitrogens with one attached hydrogen (secondary N) is 1. The van der Waals surface area contributed by atoms with Gasteiger partial charge in [-0.2, -0.15) is 0 Å². The minimum Gasteiger partial charge on any atom is -0.479 e. The molecule has 0 amide bonds. The summed E-state index contributed by atoms with van der Waals surface area (Å²) in [7, 11) is 0. The van der Waals surface area contributed by atoms with Gasteiger partial charge in [0.25, 0.3) is 0 Å². The van der Waals surface area contributed by atoms with Crippen LogP contribution in [0.1, 0.15) is 16.7 Å². The zero-order chi connectivity index (χ0) is 16.1. The van der Waals surface area contributed by atoms with Gasteiger partial charge < -0.3 is 10.1 Å². The fourth-order valence-corrected chi connectivity index (χ4v) is 3.53. The molecule has 0 saturated carbocycles. The third-order valence-corrected chi connectivity index (χ3v) is 4.54. The quantitative estimate of drug-likeness (QED) is 0.646. The number of terminal acetylenes is 1. The molecule has 0 spiro atoms. The molecule has 0 radical (unpaired) electrons. The van der Waals surface area contributed by atoms with Crippen LogP contribution in [0.3, 0.4) is 0 Å². The number of hydrogen-bond donors (Lipinski definition) is 1. The highest BCUT2D eigenvalue weighted by atomic mass is 79.9. The van der Waals surface area contributed by atoms with Crippen LogP contribution in [-0.4, -0.2) is 6.61 Å². The van der Waals surface area contributed by atoms with E-state index in [0.29, 0.717) is 0 Å². The summed E-state index contributed by atoms with van der Waals surface area (Å²) in [4.78, 5) is 0. The minimum absolute atomic E-state index is 0.247. The topological polar surface area (TPSA) is 21.3 Å². The molecule has 0 aromatic heterocycles. The van der Waals surface area contributed by atoms with Crippen molar-refractivity contribution in [2.45, 2.75) is 20.4 Å². The Morgan fingerprint density at radius 3 is 2.36 bits per heavy atom. The van der Waals surface area contributed by atoms with Gasteiger partial charge in [-0.25, -0.2) is 0 Å². The first-order valence-corrected chi connectivity index (χ1v) is 8.45. The highest BCUT2D eigenvalue weighted by Gasteiger charge is 2.09. The summed E-state index contributed by atoms with van der Waals surface area (Å²) >= 11 is 7.05. The number of anilines is 1. The maximum atomic E-state index is 5.51. The van der Waals surface area contributed by atoms with E-state index in [0.717, 1.165) is 32.5 Å². The van der Waals surface area contributed by atoms with Gasteiger partial charge in [-0.05, 0) is 86.7 Å². The van der Waals surface area contributed by atoms with Crippen molar-refractivity contribution in [1.82, 2.24) is 0 Å². The molecule has 0 fully saturated rings. The molecule has 1 N–H and O–H groups in total. The third-order valence-electron chi connectivity index (χ3n) is 3.36. The zero-order valence-corrected chi connectivity index (χ0v) is 15.7. The Kier molecular flexibility index (Phi) is 5.93. The first kappa shape index (κ1) is 16.9. The van der Waals surface area contributed by atoms with Gasteiger partial charge in [0.15, 0.2) is 0 Å². The predicted molar refractivity (Wildman–Crippen MR) is 99.4 cm³/mol. The standard InChI is InChI=1S/C18H17Br2NO/c1-4-7-22-18-16(19)9-14(10-17(18)20)11-21-15-6-5-12(2)13(3)8-15/h1,5-6,8-10,21H,7,11H2,2-3H3. The van der Waals surface area contributed by atoms with Crippen molar-refractivity contribution in [2.24, 2.45) is 0 Å². The first-order chi connectivity index (χ1) is 10.5. The maximum absolute atomic E-state index is 5.51. The normalized spacial score (nSPS) is 10.1. The van der Waals surface area contributed by atoms with E-state index in [4.69, 9.17) is 11.2 Å². The van der Waals surface area contributed by atoms with Crippen molar-refractivity contribution < 1.29 is 4.74 Å². The average molecular weight is 423 g/mol. The van der Waals surface area contributed by atoms with E-state index in [-0.39, 0.29) is 6.61 Å². The summed E-state index contributed by atoms with van der Waals surface area (Å²) in [5.41, 5.74) is 4.84. The molecule has 0 unspecified atom stereocenters. The van der Waals surface area contributed by atoms with Gasteiger partial charge in [0.2, 0.25) is 0 Å². The second-order valence-corrected chi connectivity index (χ2v) is 6.74. The van der Waals surface area contributed by atoms with E-state index < -0.39 is 0 Å². The smallest absolute Gasteiger partial charge is 0.149 e. The minimum atomic E-state index is 0.247. The number of rotatable bonds is 5. The molecule has 114 valence electrons. The molecule has 0 atom stereocenters. The van der Waals surface area contributed by atoms with Crippen molar-refractivity contribution in [3.8, 4) is 18.1 Å². The lowest BCUT2D eigenvalue weighted by molar-refractivity contribution is 0.365. The highest BCUT2D eigenvalue weighted by molar-refractivity contribution is 9.11. The summed E-state index contributed by atoms with van der Waals surface area (Å²) in [6.45, 7) is 5.21. The Labute approximate surface area is 148 Å². The molecule has 2 aromatic rings. The van der Waals surface area contributed by atoms with Gasteiger partial charge in [-0.3, -0.25) is 0 Å². The fraction of sp³-hybridized carbons (Fsp3) is 0.222. The predicted octanol–water partition coefficient (Wildman–Crippen LogP) is 5.45. The Bertz CT molecular complexity index is 697. The van der Waals surface area contributed by atoms with Crippen molar-refractivity contribution in [2.75, 3.05) is 11.9 Å². The molecule has 2 aromatic carbocycles. The molecular formula is C18H17Br2NO. The van der Waals surface area contributed by atoms with E-state index in [1.807, 2.05) is 12.1 Å². The van der Waals surface area contributed by atoms with Crippen molar-refractivity contribution in [3.63, 3.8) is 0 Å². The molecule has 2 nitrogen and oxygen atoms in total. The van der Waals surface area contributed by atoms with Crippen molar-refractivity contribution in [1.29, 1.82) is 0 Å². The molecule has 22 heavy (non-hydrogen) atoms. The van der Waals surface area contributed by atoms with E-state index >= 15 is 0 Å². The largest absolute Gasteiger partial charge is 0.479 e. The second-order valence-electron chi connectivity index (χ2n) is 5.03. The molecule has 4 heteroatoms. The number of halogens is 2. The number of aryl methyl sites for hydroxylation is 2. The summed E-state index contributed by atoms with van der Waals surface area (Å²) in [6.07, 6.45) is 5.23. The van der Waals surface area contributed by atoms with E-state index in [9.17, 15) is 0 Å². The van der Waals surface area contributed by atoms with Gasteiger partial charge >= 0.3 is 0 Å². The lowest BCUT2D eigenvalue weighted by Crippen LogP contribution is -2.02. The molecule has 0 aliphatic carbocycles. The highest BCUT2D eigenvalue weighted by Crippen LogP contribution is 2.35. The van der Waals surface area contributed by atoms with E-state index in [1.165, 1.54) is 11.1 Å². The third kappa shape index (κ3) is 4.28. The van der Waals surface area contributed by atoms with E-state index in [1.54, 1.807) is 0 Å². The Morgan fingerprint density at radius 2 is 1.77 bits per heavy atom. The molecule has 0 aliphatic rings. The average Bonchev–Trinajstić information content (AvgIpc) is 2.48. The summed E-state index contributed by atoms with van der Waals surface area (Å²) in [5, 5.41) is 3.43. The summed E-state index contributed by atoms with van der Waals surface area (Å²) in [6, 6.07) is 10.4. The lowest BCUT2D eigenvalue weighted by Gasteiger charge is -2.12. The SMILES string of the molecule is C#CCOc1c(Br)cc(CNc2ccc(C)c(C)c2)cc1Br. The Hall–Kier alpha value is -1.44. The molecule has 0 heterocycles. The lowest BCUT2D eigenvalue weighted by atomic mass is 10.1. The Balaban J connectivity index is 2.10. The van der Waals surface area contributed by atoms with Crippen LogP contribution in [0, 0.1) is 26.2 Å². The zero-order valence-electron chi connectivity index (χ0n) is 12.5. The van der Waals surface area contributed by atoms with Crippen molar-refractivity contribution in [3.05, 3.63) is 56.0 Å². The molecule has 0 bridgehead atoms. The summed E-state index contributed by atoms with van der Waals surface area (Å²) in [5.74, 6) is 3.19. The first-order valence-electron chi connectivity index (χ1n) is 6.86. The molecule has 0 saturated heterocycles. The second kappa shape index (κ2) is 7.71. The summed E-state index contributed by atoms with van der Waals surface area (Å²) < 4.78 is 7.28. The van der Waals surface area contributed by atoms with Crippen LogP contribution in [0.15, 0.2) is 39.3 Å². The van der Waals surface area contributed by atoms with Crippen molar-refractivity contribution >= 4 is 37.5 Å². The van der Waals surface area contributed by atoms with Crippen LogP contribution >= 0.6 is 31.9 Å². The molecule has 0 aliphatic heterocycles. The van der Waals surface area contributed by atoms with Gasteiger partial charge in [-0.15, -0.1) is 6.42 Å². The number of benzene rings is 2. The van der Waals surface area contributed by atoms with Crippen LogP contribution in [0.2, 0.25) is 0 Å². The van der Waals surface area contributed by atoms with Gasteiger partial charge in [0.05, 0.1) is 8.95 Å². The number of ether oxygens (including phenoxy) is 1. The van der Waals surface area contributed by atoms with Gasteiger partial charge in [0.1, 0.15) is 12.4 Å². The van der Waals surface area contributed by atoms with Crippen LogP contribution in [0.5, 0.6) is 5.75 Å². The number of hydrogen-bond acceptors (Lipinski definition) is 2. The molecule has 2 rings (SSSR count). The van der Waals surface area contributed by atoms with Crippen LogP contribution < -0.4 is 10.1 Å². The molecular weight excluding hydrogens is 406 g/mol. The van der Waals surface area contributed by atoms with Gasteiger partial charge in [-0.1, -0.05) is 12.0 Å². The maximum Gasteiger partial charge on any atom is 0.149 e. The van der Waals surface area contributed by atoms with E-state index in [2.05, 4.69) is 75.1 Å². The van der Waals surface area contributed by atoms with Gasteiger partial charge in [0, 0.05) is 12.2 Å². The Morgan fingerprint density at radius 1 is 1.09 bits per heavy atom. The fourth-order valence-electron chi connectivity index (χ4n) is 2.02. The van der Waals surface area contributed by atoms with Crippen LogP contribution in [0.4, 0.5) is 5.69 Å².